The van der Waals surface area contributed by atoms with Crippen molar-refractivity contribution in [2.45, 2.75) is 31.8 Å². The third-order valence-corrected chi connectivity index (χ3v) is 6.90. The van der Waals surface area contributed by atoms with Gasteiger partial charge in [0.25, 0.3) is 10.0 Å². The van der Waals surface area contributed by atoms with Gasteiger partial charge in [0, 0.05) is 5.57 Å². The second-order valence-corrected chi connectivity index (χ2v) is 9.65. The van der Waals surface area contributed by atoms with E-state index >= 15 is 0 Å². The maximum absolute atomic E-state index is 13.4. The molecule has 3 aromatic carbocycles. The number of hydrogen-bond donors (Lipinski definition) is 1. The van der Waals surface area contributed by atoms with Crippen LogP contribution in [-0.2, 0) is 19.6 Å². The monoisotopic (exact) mass is 459 g/mol. The Kier molecular flexibility index (Phi) is 6.20. The largest absolute Gasteiger partial charge is 0.485 e. The van der Waals surface area contributed by atoms with Crippen LogP contribution in [-0.4, -0.2) is 14.2 Å². The summed E-state index contributed by atoms with van der Waals surface area (Å²) in [7, 11) is -3.93. The Bertz CT molecular complexity index is 1340. The fourth-order valence-electron chi connectivity index (χ4n) is 3.96. The summed E-state index contributed by atoms with van der Waals surface area (Å²) >= 11 is 0. The summed E-state index contributed by atoms with van der Waals surface area (Å²) in [5, 5.41) is 0. The molecule has 0 saturated carbocycles. The van der Waals surface area contributed by atoms with Gasteiger partial charge in [0.2, 0.25) is 0 Å². The highest BCUT2D eigenvalue weighted by Gasteiger charge is 2.37. The van der Waals surface area contributed by atoms with Crippen LogP contribution in [0.5, 0.6) is 0 Å². The molecule has 1 heterocycles. The Labute approximate surface area is 194 Å². The van der Waals surface area contributed by atoms with Gasteiger partial charge in [0.1, 0.15) is 5.76 Å². The summed E-state index contributed by atoms with van der Waals surface area (Å²) in [5.74, 6) is 0.276. The molecule has 6 heteroatoms. The number of nitrogens with one attached hydrogen (secondary N) is 1. The van der Waals surface area contributed by atoms with Gasteiger partial charge in [-0.15, -0.1) is 0 Å². The van der Waals surface area contributed by atoms with E-state index in [1.165, 1.54) is 6.92 Å². The summed E-state index contributed by atoms with van der Waals surface area (Å²) in [6.45, 7) is 5.09. The summed E-state index contributed by atoms with van der Waals surface area (Å²) < 4.78 is 35.7. The fourth-order valence-corrected chi connectivity index (χ4v) is 5.07. The molecule has 168 valence electrons. The number of aryl methyl sites for hydroxylation is 1. The van der Waals surface area contributed by atoms with Crippen molar-refractivity contribution in [1.29, 1.82) is 0 Å². The summed E-state index contributed by atoms with van der Waals surface area (Å²) in [4.78, 5) is 12.8. The van der Waals surface area contributed by atoms with E-state index in [0.29, 0.717) is 28.2 Å². The van der Waals surface area contributed by atoms with Crippen molar-refractivity contribution in [3.8, 4) is 0 Å². The topological polar surface area (TPSA) is 72.5 Å². The first-order valence-electron chi connectivity index (χ1n) is 10.6. The molecule has 0 aliphatic carbocycles. The SMILES string of the molecule is CC(=O)C1=C(C)OC(c2ccccc2)/C1=C(/NS(=O)(=O)c1ccc(C)cc1)c1ccccc1. The van der Waals surface area contributed by atoms with Crippen LogP contribution in [0.2, 0.25) is 0 Å². The number of sulfonamides is 1. The fraction of sp³-hybridized carbons (Fsp3) is 0.148. The van der Waals surface area contributed by atoms with Gasteiger partial charge >= 0.3 is 0 Å². The van der Waals surface area contributed by atoms with Crippen LogP contribution in [0.15, 0.2) is 107 Å². The van der Waals surface area contributed by atoms with Crippen molar-refractivity contribution in [3.63, 3.8) is 0 Å². The highest BCUT2D eigenvalue weighted by Crippen LogP contribution is 2.44. The number of carbonyl (C=O) groups excluding carboxylic acids is 1. The molecule has 5 nitrogen and oxygen atoms in total. The highest BCUT2D eigenvalue weighted by molar-refractivity contribution is 7.89. The van der Waals surface area contributed by atoms with E-state index in [4.69, 9.17) is 4.74 Å². The Balaban J connectivity index is 1.96. The van der Waals surface area contributed by atoms with Gasteiger partial charge in [-0.25, -0.2) is 8.42 Å². The number of Topliss-reactive ketones (excluding diaryl/α,β-unsaturated/α-hetero) is 1. The lowest BCUT2D eigenvalue weighted by molar-refractivity contribution is -0.113. The third kappa shape index (κ3) is 4.61. The number of allylic oxidation sites excluding steroid dienone is 1. The second kappa shape index (κ2) is 9.08. The van der Waals surface area contributed by atoms with Crippen LogP contribution >= 0.6 is 0 Å². The molecule has 0 bridgehead atoms. The van der Waals surface area contributed by atoms with Gasteiger partial charge in [0.05, 0.1) is 16.2 Å². The lowest BCUT2D eigenvalue weighted by Gasteiger charge is -2.21. The summed E-state index contributed by atoms with van der Waals surface area (Å²) in [6, 6.07) is 25.2. The van der Waals surface area contributed by atoms with Gasteiger partial charge in [-0.2, -0.15) is 0 Å². The molecule has 0 radical (unpaired) electrons. The van der Waals surface area contributed by atoms with E-state index in [-0.39, 0.29) is 10.7 Å². The van der Waals surface area contributed by atoms with Crippen molar-refractivity contribution in [1.82, 2.24) is 4.72 Å². The lowest BCUT2D eigenvalue weighted by Crippen LogP contribution is -2.25. The molecule has 1 aliphatic rings. The number of carbonyl (C=O) groups is 1. The first-order valence-corrected chi connectivity index (χ1v) is 12.1. The molecule has 0 fully saturated rings. The van der Waals surface area contributed by atoms with E-state index in [2.05, 4.69) is 4.72 Å². The van der Waals surface area contributed by atoms with Crippen LogP contribution in [0.25, 0.3) is 5.70 Å². The quantitative estimate of drug-likeness (QED) is 0.542. The third-order valence-electron chi connectivity index (χ3n) is 5.53. The molecule has 4 rings (SSSR count). The molecule has 1 unspecified atom stereocenters. The van der Waals surface area contributed by atoms with Gasteiger partial charge in [-0.05, 0) is 44.0 Å². The molecule has 3 aromatic rings. The van der Waals surface area contributed by atoms with E-state index in [9.17, 15) is 13.2 Å². The first kappa shape index (κ1) is 22.6. The molecular weight excluding hydrogens is 434 g/mol. The molecule has 0 saturated heterocycles. The molecule has 1 aliphatic heterocycles. The minimum Gasteiger partial charge on any atom is -0.485 e. The summed E-state index contributed by atoms with van der Waals surface area (Å²) in [5.41, 5.74) is 3.64. The maximum atomic E-state index is 13.4. The van der Waals surface area contributed by atoms with Gasteiger partial charge in [-0.1, -0.05) is 78.4 Å². The predicted octanol–water partition coefficient (Wildman–Crippen LogP) is 5.32. The van der Waals surface area contributed by atoms with E-state index in [1.54, 1.807) is 31.2 Å². The average molecular weight is 460 g/mol. The number of ketones is 1. The molecule has 33 heavy (non-hydrogen) atoms. The number of benzene rings is 3. The van der Waals surface area contributed by atoms with Crippen LogP contribution in [0.3, 0.4) is 0 Å². The minimum absolute atomic E-state index is 0.141. The molecule has 0 spiro atoms. The predicted molar refractivity (Wildman–Crippen MR) is 129 cm³/mol. The molecule has 0 amide bonds. The highest BCUT2D eigenvalue weighted by atomic mass is 32.2. The Hall–Kier alpha value is -3.64. The van der Waals surface area contributed by atoms with E-state index < -0.39 is 16.1 Å². The number of ether oxygens (including phenoxy) is 1. The van der Waals surface area contributed by atoms with Gasteiger partial charge in [0.15, 0.2) is 11.9 Å². The molecule has 1 atom stereocenters. The lowest BCUT2D eigenvalue weighted by atomic mass is 9.91. The van der Waals surface area contributed by atoms with Crippen molar-refractivity contribution < 1.29 is 17.9 Å². The molecular formula is C27H25NO4S. The van der Waals surface area contributed by atoms with Crippen molar-refractivity contribution in [2.75, 3.05) is 0 Å². The van der Waals surface area contributed by atoms with Crippen LogP contribution in [0.1, 0.15) is 36.6 Å². The Morgan fingerprint density at radius 3 is 2.00 bits per heavy atom. The first-order chi connectivity index (χ1) is 15.8. The van der Waals surface area contributed by atoms with Crippen LogP contribution in [0, 0.1) is 6.92 Å². The second-order valence-electron chi connectivity index (χ2n) is 7.97. The number of hydrogen-bond acceptors (Lipinski definition) is 4. The molecule has 0 aromatic heterocycles. The van der Waals surface area contributed by atoms with Crippen LogP contribution in [0.4, 0.5) is 0 Å². The Morgan fingerprint density at radius 2 is 1.42 bits per heavy atom. The van der Waals surface area contributed by atoms with Crippen molar-refractivity contribution in [2.24, 2.45) is 0 Å². The van der Waals surface area contributed by atoms with Crippen molar-refractivity contribution in [3.05, 3.63) is 119 Å². The van der Waals surface area contributed by atoms with Gasteiger partial charge < -0.3 is 4.74 Å². The Morgan fingerprint density at radius 1 is 0.848 bits per heavy atom. The minimum atomic E-state index is -3.93. The van der Waals surface area contributed by atoms with Crippen molar-refractivity contribution >= 4 is 21.5 Å². The number of rotatable bonds is 6. The average Bonchev–Trinajstić information content (AvgIpc) is 3.16. The zero-order chi connectivity index (χ0) is 23.6. The molecule has 1 N–H and O–H groups in total. The zero-order valence-electron chi connectivity index (χ0n) is 18.7. The standard InChI is InChI=1S/C27H25NO4S/c1-18-14-16-23(17-15-18)33(30,31)28-26(21-10-6-4-7-11-21)25-24(19(2)29)20(3)32-27(25)22-12-8-5-9-13-22/h4-17,27-28H,1-3H3/b26-25+. The van der Waals surface area contributed by atoms with E-state index in [0.717, 1.165) is 11.1 Å². The zero-order valence-corrected chi connectivity index (χ0v) is 19.5. The van der Waals surface area contributed by atoms with Gasteiger partial charge in [-0.3, -0.25) is 9.52 Å². The normalized spacial score (nSPS) is 17.5. The van der Waals surface area contributed by atoms with Crippen LogP contribution < -0.4 is 4.72 Å². The summed E-state index contributed by atoms with van der Waals surface area (Å²) in [6.07, 6.45) is -0.624. The smallest absolute Gasteiger partial charge is 0.261 e. The van der Waals surface area contributed by atoms with E-state index in [1.807, 2.05) is 67.6 Å². The maximum Gasteiger partial charge on any atom is 0.261 e.